The molecule has 0 saturated heterocycles. The molecular weight excluding hydrogens is 337 g/mol. The summed E-state index contributed by atoms with van der Waals surface area (Å²) >= 11 is 0. The van der Waals surface area contributed by atoms with Gasteiger partial charge in [0.1, 0.15) is 17.1 Å². The van der Waals surface area contributed by atoms with Crippen LogP contribution in [0, 0.1) is 5.82 Å². The summed E-state index contributed by atoms with van der Waals surface area (Å²) in [5.41, 5.74) is -0.621. The van der Waals surface area contributed by atoms with Gasteiger partial charge in [-0.15, -0.1) is 0 Å². The van der Waals surface area contributed by atoms with Gasteiger partial charge < -0.3 is 14.4 Å². The number of aromatic carboxylic acids is 1. The molecule has 0 amide bonds. The van der Waals surface area contributed by atoms with Crippen LogP contribution in [0.4, 0.5) is 4.39 Å². The Hall–Kier alpha value is -2.37. The number of aromatic nitrogens is 1. The lowest BCUT2D eigenvalue weighted by molar-refractivity contribution is 0.0694. The average molecular weight is 363 g/mol. The number of benzene rings is 1. The second-order valence-corrected chi connectivity index (χ2v) is 6.64. The first-order valence-corrected chi connectivity index (χ1v) is 9.06. The van der Waals surface area contributed by atoms with Crippen LogP contribution in [0.5, 0.6) is 5.75 Å². The van der Waals surface area contributed by atoms with Crippen molar-refractivity contribution < 1.29 is 19.0 Å². The van der Waals surface area contributed by atoms with Crippen molar-refractivity contribution in [2.24, 2.45) is 0 Å². The molecular formula is C20H26FNO4. The number of halogens is 1. The van der Waals surface area contributed by atoms with Crippen LogP contribution in [0.3, 0.4) is 0 Å². The Bertz CT molecular complexity index is 844. The van der Waals surface area contributed by atoms with E-state index in [0.29, 0.717) is 5.52 Å². The Morgan fingerprint density at radius 2 is 1.96 bits per heavy atom. The highest BCUT2D eigenvalue weighted by Crippen LogP contribution is 2.29. The van der Waals surface area contributed by atoms with Crippen LogP contribution < -0.4 is 10.2 Å². The Morgan fingerprint density at radius 1 is 1.27 bits per heavy atom. The monoisotopic (exact) mass is 363 g/mol. The largest absolute Gasteiger partial charge is 0.494 e. The minimum atomic E-state index is -1.32. The number of hydrogen-bond acceptors (Lipinski definition) is 3. The summed E-state index contributed by atoms with van der Waals surface area (Å²) in [6, 6.07) is 2.25. The second kappa shape index (κ2) is 8.83. The van der Waals surface area contributed by atoms with Gasteiger partial charge in [0.15, 0.2) is 0 Å². The molecule has 0 spiro atoms. The zero-order valence-electron chi connectivity index (χ0n) is 15.5. The summed E-state index contributed by atoms with van der Waals surface area (Å²) in [6.45, 7) is 4.13. The quantitative estimate of drug-likeness (QED) is 0.652. The van der Waals surface area contributed by atoms with E-state index in [1.807, 2.05) is 6.92 Å². The molecule has 0 radical (unpaired) electrons. The van der Waals surface area contributed by atoms with Crippen molar-refractivity contribution in [1.82, 2.24) is 4.57 Å². The smallest absolute Gasteiger partial charge is 0.341 e. The molecule has 0 saturated carbocycles. The van der Waals surface area contributed by atoms with Gasteiger partial charge in [-0.3, -0.25) is 4.79 Å². The summed E-state index contributed by atoms with van der Waals surface area (Å²) in [4.78, 5) is 24.0. The molecule has 0 fully saturated rings. The summed E-state index contributed by atoms with van der Waals surface area (Å²) in [6.07, 6.45) is 7.83. The third-order valence-corrected chi connectivity index (χ3v) is 4.71. The lowest BCUT2D eigenvalue weighted by Gasteiger charge is -2.21. The lowest BCUT2D eigenvalue weighted by Crippen LogP contribution is -2.21. The van der Waals surface area contributed by atoms with Crippen molar-refractivity contribution in [3.05, 3.63) is 39.9 Å². The zero-order chi connectivity index (χ0) is 19.3. The minimum absolute atomic E-state index is 0.0274. The molecule has 2 rings (SSSR count). The van der Waals surface area contributed by atoms with Gasteiger partial charge in [0.25, 0.3) is 0 Å². The number of nitrogens with zero attached hydrogens (tertiary/aromatic N) is 1. The van der Waals surface area contributed by atoms with Gasteiger partial charge in [-0.05, 0) is 19.4 Å². The van der Waals surface area contributed by atoms with Crippen molar-refractivity contribution >= 4 is 16.9 Å². The lowest BCUT2D eigenvalue weighted by atomic mass is 10.0. The Morgan fingerprint density at radius 3 is 2.58 bits per heavy atom. The van der Waals surface area contributed by atoms with Gasteiger partial charge in [0, 0.05) is 18.3 Å². The maximum atomic E-state index is 13.9. The molecule has 0 aliphatic carbocycles. The Labute approximate surface area is 152 Å². The molecule has 26 heavy (non-hydrogen) atoms. The maximum absolute atomic E-state index is 13.9. The van der Waals surface area contributed by atoms with E-state index >= 15 is 0 Å². The number of carboxylic acids is 1. The topological polar surface area (TPSA) is 68.5 Å². The van der Waals surface area contributed by atoms with Crippen LogP contribution in [-0.2, 0) is 0 Å². The van der Waals surface area contributed by atoms with Crippen molar-refractivity contribution in [1.29, 1.82) is 0 Å². The van der Waals surface area contributed by atoms with E-state index in [1.54, 1.807) is 4.57 Å². The van der Waals surface area contributed by atoms with E-state index in [1.165, 1.54) is 38.6 Å². The first kappa shape index (κ1) is 19.9. The van der Waals surface area contributed by atoms with Crippen LogP contribution in [-0.4, -0.2) is 22.8 Å². The first-order valence-electron chi connectivity index (χ1n) is 9.06. The molecule has 142 valence electrons. The number of methoxy groups -OCH3 is 1. The molecule has 0 aliphatic rings. The average Bonchev–Trinajstić information content (AvgIpc) is 2.61. The zero-order valence-corrected chi connectivity index (χ0v) is 15.5. The number of hydrogen-bond donors (Lipinski definition) is 1. The van der Waals surface area contributed by atoms with Gasteiger partial charge in [-0.2, -0.15) is 0 Å². The fourth-order valence-electron chi connectivity index (χ4n) is 3.26. The van der Waals surface area contributed by atoms with E-state index < -0.39 is 17.2 Å². The predicted octanol–water partition coefficient (Wildman–Crippen LogP) is 4.77. The maximum Gasteiger partial charge on any atom is 0.341 e. The number of pyridine rings is 1. The van der Waals surface area contributed by atoms with Crippen molar-refractivity contribution in [3.63, 3.8) is 0 Å². The van der Waals surface area contributed by atoms with Crippen LogP contribution in [0.15, 0.2) is 23.1 Å². The third-order valence-electron chi connectivity index (χ3n) is 4.71. The molecule has 1 atom stereocenters. The Balaban J connectivity index is 2.51. The first-order chi connectivity index (χ1) is 12.4. The van der Waals surface area contributed by atoms with Crippen molar-refractivity contribution in [2.75, 3.05) is 7.11 Å². The van der Waals surface area contributed by atoms with Crippen LogP contribution in [0.2, 0.25) is 0 Å². The second-order valence-electron chi connectivity index (χ2n) is 6.64. The fourth-order valence-corrected chi connectivity index (χ4v) is 3.26. The number of carboxylic acid groups (broad SMARTS) is 1. The standard InChI is InChI=1S/C20H26FNO4/c1-4-5-6-7-8-9-13(2)22-12-16(20(24)25)19(23)15-10-14(21)11-17(26-3)18(15)22/h10-13H,4-9H2,1-3H3,(H,24,25). The summed E-state index contributed by atoms with van der Waals surface area (Å²) < 4.78 is 20.9. The van der Waals surface area contributed by atoms with Crippen LogP contribution >= 0.6 is 0 Å². The predicted molar refractivity (Wildman–Crippen MR) is 99.8 cm³/mol. The van der Waals surface area contributed by atoms with Crippen molar-refractivity contribution in [2.45, 2.75) is 58.4 Å². The van der Waals surface area contributed by atoms with Gasteiger partial charge in [0.05, 0.1) is 18.0 Å². The number of fused-ring (bicyclic) bond motifs is 1. The summed E-state index contributed by atoms with van der Waals surface area (Å²) in [7, 11) is 1.41. The van der Waals surface area contributed by atoms with Gasteiger partial charge in [-0.25, -0.2) is 9.18 Å². The summed E-state index contributed by atoms with van der Waals surface area (Å²) in [5.74, 6) is -1.72. The number of unbranched alkanes of at least 4 members (excludes halogenated alkanes) is 4. The van der Waals surface area contributed by atoms with Gasteiger partial charge in [0.2, 0.25) is 5.43 Å². The van der Waals surface area contributed by atoms with E-state index in [0.717, 1.165) is 25.3 Å². The normalized spacial score (nSPS) is 12.3. The molecule has 5 nitrogen and oxygen atoms in total. The molecule has 1 aromatic carbocycles. The van der Waals surface area contributed by atoms with Crippen molar-refractivity contribution in [3.8, 4) is 5.75 Å². The molecule has 1 aromatic heterocycles. The number of ether oxygens (including phenoxy) is 1. The van der Waals surface area contributed by atoms with E-state index in [9.17, 15) is 19.1 Å². The third kappa shape index (κ3) is 4.23. The van der Waals surface area contributed by atoms with Crippen LogP contribution in [0.25, 0.3) is 10.9 Å². The molecule has 0 aliphatic heterocycles. The van der Waals surface area contributed by atoms with E-state index in [-0.39, 0.29) is 22.7 Å². The van der Waals surface area contributed by atoms with E-state index in [4.69, 9.17) is 4.74 Å². The van der Waals surface area contributed by atoms with Gasteiger partial charge >= 0.3 is 5.97 Å². The summed E-state index contributed by atoms with van der Waals surface area (Å²) in [5, 5.41) is 9.39. The SMILES string of the molecule is CCCCCCCC(C)n1cc(C(=O)O)c(=O)c2cc(F)cc(OC)c21. The molecule has 1 unspecified atom stereocenters. The highest BCUT2D eigenvalue weighted by molar-refractivity contribution is 5.94. The molecule has 6 heteroatoms. The fraction of sp³-hybridized carbons (Fsp3) is 0.500. The minimum Gasteiger partial charge on any atom is -0.494 e. The Kier molecular flexibility index (Phi) is 6.77. The van der Waals surface area contributed by atoms with Gasteiger partial charge in [-0.1, -0.05) is 39.0 Å². The van der Waals surface area contributed by atoms with E-state index in [2.05, 4.69) is 6.92 Å². The highest BCUT2D eigenvalue weighted by atomic mass is 19.1. The molecule has 2 aromatic rings. The number of carbonyl (C=O) groups is 1. The molecule has 1 N–H and O–H groups in total. The van der Waals surface area contributed by atoms with Crippen LogP contribution in [0.1, 0.15) is 68.8 Å². The number of rotatable bonds is 9. The molecule has 0 bridgehead atoms. The highest BCUT2D eigenvalue weighted by Gasteiger charge is 2.20. The molecule has 1 heterocycles.